The van der Waals surface area contributed by atoms with E-state index in [1.54, 1.807) is 0 Å². The van der Waals surface area contributed by atoms with Gasteiger partial charge in [-0.3, -0.25) is 0 Å². The van der Waals surface area contributed by atoms with Crippen molar-refractivity contribution in [2.24, 2.45) is 0 Å². The molecule has 0 atom stereocenters. The Morgan fingerprint density at radius 3 is 1.69 bits per heavy atom. The van der Waals surface area contributed by atoms with Crippen LogP contribution in [-0.4, -0.2) is 4.57 Å². The van der Waals surface area contributed by atoms with Crippen LogP contribution in [0, 0.1) is 0 Å². The van der Waals surface area contributed by atoms with Crippen LogP contribution in [0.5, 0.6) is 0 Å². The first-order valence-corrected chi connectivity index (χ1v) is 23.1. The van der Waals surface area contributed by atoms with E-state index in [1.165, 1.54) is 91.3 Å². The second kappa shape index (κ2) is 15.2. The lowest BCUT2D eigenvalue weighted by molar-refractivity contribution is 1.18. The van der Waals surface area contributed by atoms with Gasteiger partial charge in [0.2, 0.25) is 0 Å². The van der Waals surface area contributed by atoms with E-state index in [0.29, 0.717) is 0 Å². The Morgan fingerprint density at radius 2 is 0.908 bits per heavy atom. The van der Waals surface area contributed by atoms with Gasteiger partial charge in [0.05, 0.1) is 32.8 Å². The van der Waals surface area contributed by atoms with Crippen LogP contribution in [0.1, 0.15) is 0 Å². The Balaban J connectivity index is 1.05. The molecular weight excluding hydrogens is 805 g/mol. The molecule has 0 bridgehead atoms. The lowest BCUT2D eigenvalue weighted by atomic mass is 9.91. The summed E-state index contributed by atoms with van der Waals surface area (Å²) in [4.78, 5) is 2.51. The highest BCUT2D eigenvalue weighted by molar-refractivity contribution is 7.26. The third-order valence-corrected chi connectivity index (χ3v) is 14.4. The number of anilines is 3. The number of para-hydroxylation sites is 3. The molecule has 0 spiro atoms. The van der Waals surface area contributed by atoms with Crippen LogP contribution in [0.3, 0.4) is 0 Å². The molecule has 0 radical (unpaired) electrons. The van der Waals surface area contributed by atoms with Crippen LogP contribution >= 0.6 is 11.3 Å². The second-order valence-corrected chi connectivity index (χ2v) is 17.9. The number of aromatic nitrogens is 1. The topological polar surface area (TPSA) is 8.17 Å². The summed E-state index contributed by atoms with van der Waals surface area (Å²) in [6.07, 6.45) is 0. The predicted octanol–water partition coefficient (Wildman–Crippen LogP) is 17.9. The maximum absolute atomic E-state index is 2.51. The normalized spacial score (nSPS) is 11.7. The van der Waals surface area contributed by atoms with Crippen molar-refractivity contribution in [2.45, 2.75) is 0 Å². The van der Waals surface area contributed by atoms with Gasteiger partial charge < -0.3 is 9.47 Å². The molecule has 0 aliphatic carbocycles. The Bertz CT molecular complexity index is 3900. The van der Waals surface area contributed by atoms with Gasteiger partial charge >= 0.3 is 0 Å². The van der Waals surface area contributed by atoms with Crippen molar-refractivity contribution >= 4 is 91.9 Å². The molecule has 0 fully saturated rings. The zero-order valence-electron chi connectivity index (χ0n) is 35.4. The van der Waals surface area contributed by atoms with E-state index in [2.05, 4.69) is 252 Å². The third kappa shape index (κ3) is 6.08. The molecule has 2 aromatic heterocycles. The number of benzene rings is 11. The van der Waals surface area contributed by atoms with Crippen molar-refractivity contribution in [3.8, 4) is 39.1 Å². The molecule has 304 valence electrons. The van der Waals surface area contributed by atoms with Crippen LogP contribution in [0.2, 0.25) is 0 Å². The van der Waals surface area contributed by atoms with E-state index >= 15 is 0 Å². The first kappa shape index (κ1) is 37.3. The number of nitrogens with zero attached hydrogens (tertiary/aromatic N) is 2. The zero-order valence-corrected chi connectivity index (χ0v) is 36.2. The van der Waals surface area contributed by atoms with Gasteiger partial charge in [-0.2, -0.15) is 0 Å². The number of rotatable bonds is 7. The highest BCUT2D eigenvalue weighted by Crippen LogP contribution is 2.49. The van der Waals surface area contributed by atoms with Crippen LogP contribution in [0.25, 0.3) is 103 Å². The Morgan fingerprint density at radius 1 is 0.323 bits per heavy atom. The minimum absolute atomic E-state index is 1.09. The zero-order chi connectivity index (χ0) is 42.8. The average molecular weight is 845 g/mol. The van der Waals surface area contributed by atoms with Crippen molar-refractivity contribution < 1.29 is 0 Å². The SMILES string of the molecule is c1ccc(-c2ccc(-c3cc4ccccc4c4ccccc34)cc2N(c2ccc(-c3ccccc3-n3c4ccccc4c4ccccc43)cc2)c2cccc3c2sc2ccccc23)cc1. The summed E-state index contributed by atoms with van der Waals surface area (Å²) in [6, 6.07) is 89.1. The molecule has 0 aliphatic rings. The smallest absolute Gasteiger partial charge is 0.0640 e. The van der Waals surface area contributed by atoms with E-state index < -0.39 is 0 Å². The lowest BCUT2D eigenvalue weighted by Gasteiger charge is -2.29. The number of fused-ring (bicyclic) bond motifs is 9. The van der Waals surface area contributed by atoms with Crippen molar-refractivity contribution in [3.63, 3.8) is 0 Å². The van der Waals surface area contributed by atoms with Gasteiger partial charge in [-0.05, 0) is 98.4 Å². The Kier molecular flexibility index (Phi) is 8.75. The van der Waals surface area contributed by atoms with E-state index in [4.69, 9.17) is 0 Å². The van der Waals surface area contributed by atoms with Crippen molar-refractivity contribution in [2.75, 3.05) is 4.90 Å². The average Bonchev–Trinajstić information content (AvgIpc) is 3.93. The largest absolute Gasteiger partial charge is 0.309 e. The third-order valence-electron chi connectivity index (χ3n) is 13.2. The lowest BCUT2D eigenvalue weighted by Crippen LogP contribution is -2.11. The van der Waals surface area contributed by atoms with E-state index in [-0.39, 0.29) is 0 Å². The van der Waals surface area contributed by atoms with Crippen LogP contribution in [0.15, 0.2) is 243 Å². The van der Waals surface area contributed by atoms with Crippen LogP contribution in [0.4, 0.5) is 17.1 Å². The van der Waals surface area contributed by atoms with Crippen molar-refractivity contribution in [3.05, 3.63) is 243 Å². The highest BCUT2D eigenvalue weighted by atomic mass is 32.1. The highest BCUT2D eigenvalue weighted by Gasteiger charge is 2.23. The Labute approximate surface area is 381 Å². The van der Waals surface area contributed by atoms with Gasteiger partial charge in [0.1, 0.15) is 0 Å². The van der Waals surface area contributed by atoms with Crippen molar-refractivity contribution in [1.82, 2.24) is 4.57 Å². The molecule has 13 rings (SSSR count). The summed E-state index contributed by atoms with van der Waals surface area (Å²) in [5.74, 6) is 0. The first-order valence-electron chi connectivity index (χ1n) is 22.3. The maximum Gasteiger partial charge on any atom is 0.0640 e. The molecule has 2 nitrogen and oxygen atoms in total. The molecule has 0 N–H and O–H groups in total. The molecule has 0 saturated heterocycles. The molecule has 0 amide bonds. The van der Waals surface area contributed by atoms with Gasteiger partial charge in [-0.15, -0.1) is 11.3 Å². The summed E-state index contributed by atoms with van der Waals surface area (Å²) in [5, 5.41) is 10.1. The molecule has 0 unspecified atom stereocenters. The fraction of sp³-hybridized carbons (Fsp3) is 0. The summed E-state index contributed by atoms with van der Waals surface area (Å²) in [5.41, 5.74) is 14.0. The molecule has 3 heteroatoms. The Hall–Kier alpha value is -8.24. The first-order chi connectivity index (χ1) is 32.3. The predicted molar refractivity (Wildman–Crippen MR) is 280 cm³/mol. The van der Waals surface area contributed by atoms with Gasteiger partial charge in [-0.1, -0.05) is 188 Å². The molecule has 65 heavy (non-hydrogen) atoms. The van der Waals surface area contributed by atoms with Gasteiger partial charge in [0.15, 0.2) is 0 Å². The summed E-state index contributed by atoms with van der Waals surface area (Å²) in [7, 11) is 0. The fourth-order valence-corrected chi connectivity index (χ4v) is 11.4. The number of hydrogen-bond donors (Lipinski definition) is 0. The summed E-state index contributed by atoms with van der Waals surface area (Å²) in [6.45, 7) is 0. The monoisotopic (exact) mass is 844 g/mol. The van der Waals surface area contributed by atoms with Crippen molar-refractivity contribution in [1.29, 1.82) is 0 Å². The minimum atomic E-state index is 1.09. The van der Waals surface area contributed by atoms with Gasteiger partial charge in [0, 0.05) is 43.1 Å². The minimum Gasteiger partial charge on any atom is -0.309 e. The standard InChI is InChI=1S/C62H40N2S/c1-2-17-41(18-3-1)48-38-35-44(55-39-43-19-4-5-20-46(43)49-22-6-7-23-50(49)55)40-60(48)63(59-31-16-27-54-53-26-11-15-32-61(53)65-62(54)59)45-36-33-42(34-37-45)47-21-8-12-28-56(47)64-57-29-13-9-24-51(57)52-25-10-14-30-58(52)64/h1-40H. The molecule has 0 aliphatic heterocycles. The van der Waals surface area contributed by atoms with Crippen LogP contribution in [-0.2, 0) is 0 Å². The molecule has 13 aromatic rings. The molecule has 0 saturated carbocycles. The fourth-order valence-electron chi connectivity index (χ4n) is 10.2. The summed E-state index contributed by atoms with van der Waals surface area (Å²) < 4.78 is 4.97. The molecular formula is C62H40N2S. The van der Waals surface area contributed by atoms with Gasteiger partial charge in [0.25, 0.3) is 0 Å². The number of hydrogen-bond acceptors (Lipinski definition) is 2. The maximum atomic E-state index is 2.51. The van der Waals surface area contributed by atoms with E-state index in [9.17, 15) is 0 Å². The number of thiophene rings is 1. The van der Waals surface area contributed by atoms with E-state index in [1.807, 2.05) is 11.3 Å². The molecule has 11 aromatic carbocycles. The van der Waals surface area contributed by atoms with Crippen LogP contribution < -0.4 is 4.90 Å². The molecule has 2 heterocycles. The van der Waals surface area contributed by atoms with E-state index in [0.717, 1.165) is 28.3 Å². The van der Waals surface area contributed by atoms with Gasteiger partial charge in [-0.25, -0.2) is 0 Å². The quantitative estimate of drug-likeness (QED) is 0.145. The summed E-state index contributed by atoms with van der Waals surface area (Å²) >= 11 is 1.87. The second-order valence-electron chi connectivity index (χ2n) is 16.8.